The van der Waals surface area contributed by atoms with Gasteiger partial charge in [0.15, 0.2) is 0 Å². The molecule has 0 amide bonds. The first-order valence-electron chi connectivity index (χ1n) is 4.23. The molecule has 0 spiro atoms. The van der Waals surface area contributed by atoms with Crippen molar-refractivity contribution < 1.29 is 4.92 Å². The molecule has 0 bridgehead atoms. The summed E-state index contributed by atoms with van der Waals surface area (Å²) in [7, 11) is 0. The number of nitrogen functional groups attached to an aromatic ring is 1. The number of nitro groups is 1. The topological polar surface area (TPSA) is 87.0 Å². The van der Waals surface area contributed by atoms with E-state index >= 15 is 0 Å². The Morgan fingerprint density at radius 1 is 1.40 bits per heavy atom. The minimum absolute atomic E-state index is 0.0161. The summed E-state index contributed by atoms with van der Waals surface area (Å²) in [5.41, 5.74) is 6.22. The van der Waals surface area contributed by atoms with E-state index in [0.717, 1.165) is 0 Å². The van der Waals surface area contributed by atoms with Crippen LogP contribution in [0.5, 0.6) is 0 Å². The van der Waals surface area contributed by atoms with Crippen molar-refractivity contribution in [3.63, 3.8) is 0 Å². The van der Waals surface area contributed by atoms with Gasteiger partial charge >= 0.3 is 0 Å². The molecule has 1 heterocycles. The van der Waals surface area contributed by atoms with Crippen molar-refractivity contribution in [1.29, 1.82) is 0 Å². The maximum atomic E-state index is 10.6. The van der Waals surface area contributed by atoms with Crippen LogP contribution in [0.15, 0.2) is 36.5 Å². The van der Waals surface area contributed by atoms with Crippen molar-refractivity contribution in [2.24, 2.45) is 0 Å². The molecule has 15 heavy (non-hydrogen) atoms. The molecule has 0 aliphatic rings. The Morgan fingerprint density at radius 3 is 2.80 bits per heavy atom. The molecule has 0 unspecified atom stereocenters. The quantitative estimate of drug-likeness (QED) is 0.591. The molecule has 0 aliphatic carbocycles. The van der Waals surface area contributed by atoms with Gasteiger partial charge in [-0.1, -0.05) is 6.07 Å². The second-order valence-corrected chi connectivity index (χ2v) is 2.94. The number of benzene rings is 1. The third-order valence-electron chi connectivity index (χ3n) is 1.96. The summed E-state index contributed by atoms with van der Waals surface area (Å²) in [4.78, 5) is 10.1. The van der Waals surface area contributed by atoms with Gasteiger partial charge in [-0.3, -0.25) is 10.1 Å². The van der Waals surface area contributed by atoms with E-state index < -0.39 is 4.92 Å². The lowest BCUT2D eigenvalue weighted by Gasteiger charge is -2.02. The lowest BCUT2D eigenvalue weighted by atomic mass is 10.3. The summed E-state index contributed by atoms with van der Waals surface area (Å²) in [5.74, 6) is 0.440. The summed E-state index contributed by atoms with van der Waals surface area (Å²) in [6.45, 7) is 0. The van der Waals surface area contributed by atoms with E-state index in [4.69, 9.17) is 5.73 Å². The number of nitro benzene ring substituents is 1. The van der Waals surface area contributed by atoms with Crippen LogP contribution >= 0.6 is 0 Å². The first-order chi connectivity index (χ1) is 7.18. The maximum absolute atomic E-state index is 10.6. The van der Waals surface area contributed by atoms with Crippen LogP contribution in [0.2, 0.25) is 0 Å². The van der Waals surface area contributed by atoms with Crippen LogP contribution in [0, 0.1) is 10.1 Å². The molecule has 6 heteroatoms. The van der Waals surface area contributed by atoms with Crippen molar-refractivity contribution in [3.05, 3.63) is 46.6 Å². The summed E-state index contributed by atoms with van der Waals surface area (Å²) >= 11 is 0. The fourth-order valence-corrected chi connectivity index (χ4v) is 1.27. The molecule has 76 valence electrons. The fraction of sp³-hybridized carbons (Fsp3) is 0. The molecular formula is C9H8N4O2. The maximum Gasteiger partial charge on any atom is 0.271 e. The van der Waals surface area contributed by atoms with E-state index in [0.29, 0.717) is 11.5 Å². The van der Waals surface area contributed by atoms with Gasteiger partial charge in [-0.15, -0.1) is 0 Å². The molecule has 0 fully saturated rings. The summed E-state index contributed by atoms with van der Waals surface area (Å²) in [5, 5.41) is 14.5. The van der Waals surface area contributed by atoms with Gasteiger partial charge in [0.25, 0.3) is 5.69 Å². The Labute approximate surface area is 85.1 Å². The average molecular weight is 204 g/mol. The second kappa shape index (κ2) is 3.41. The normalized spacial score (nSPS) is 10.1. The van der Waals surface area contributed by atoms with Gasteiger partial charge in [-0.25, -0.2) is 4.68 Å². The molecule has 1 aromatic carbocycles. The highest BCUT2D eigenvalue weighted by atomic mass is 16.6. The third kappa shape index (κ3) is 1.64. The predicted octanol–water partition coefficient (Wildman–Crippen LogP) is 1.36. The molecule has 6 nitrogen and oxygen atoms in total. The van der Waals surface area contributed by atoms with Crippen molar-refractivity contribution in [3.8, 4) is 5.69 Å². The highest BCUT2D eigenvalue weighted by Gasteiger charge is 2.08. The van der Waals surface area contributed by atoms with Gasteiger partial charge in [0.05, 0.1) is 16.8 Å². The van der Waals surface area contributed by atoms with Crippen molar-refractivity contribution >= 4 is 11.5 Å². The lowest BCUT2D eigenvalue weighted by molar-refractivity contribution is -0.384. The Morgan fingerprint density at radius 2 is 2.20 bits per heavy atom. The van der Waals surface area contributed by atoms with Gasteiger partial charge < -0.3 is 5.73 Å². The molecule has 2 rings (SSSR count). The smallest absolute Gasteiger partial charge is 0.271 e. The van der Waals surface area contributed by atoms with Gasteiger partial charge in [0.2, 0.25) is 0 Å². The SMILES string of the molecule is Nc1ccnn1-c1cccc([N+](=O)[O-])c1. The molecule has 0 saturated carbocycles. The van der Waals surface area contributed by atoms with Gasteiger partial charge in [0, 0.05) is 18.2 Å². The molecule has 2 N–H and O–H groups in total. The minimum atomic E-state index is -0.455. The highest BCUT2D eigenvalue weighted by molar-refractivity contribution is 5.47. The van der Waals surface area contributed by atoms with Gasteiger partial charge in [-0.2, -0.15) is 5.10 Å². The van der Waals surface area contributed by atoms with Crippen molar-refractivity contribution in [2.45, 2.75) is 0 Å². The van der Waals surface area contributed by atoms with Crippen molar-refractivity contribution in [1.82, 2.24) is 9.78 Å². The zero-order chi connectivity index (χ0) is 10.8. The van der Waals surface area contributed by atoms with Crippen LogP contribution in [-0.4, -0.2) is 14.7 Å². The van der Waals surface area contributed by atoms with Crippen LogP contribution in [0.4, 0.5) is 11.5 Å². The number of anilines is 1. The van der Waals surface area contributed by atoms with E-state index in [2.05, 4.69) is 5.10 Å². The fourth-order valence-electron chi connectivity index (χ4n) is 1.27. The largest absolute Gasteiger partial charge is 0.384 e. The molecule has 0 radical (unpaired) electrons. The third-order valence-corrected chi connectivity index (χ3v) is 1.96. The Balaban J connectivity index is 2.50. The van der Waals surface area contributed by atoms with Crippen LogP contribution < -0.4 is 5.73 Å². The average Bonchev–Trinajstić information content (AvgIpc) is 2.64. The summed E-state index contributed by atoms with van der Waals surface area (Å²) in [6.07, 6.45) is 1.54. The first-order valence-corrected chi connectivity index (χ1v) is 4.23. The number of rotatable bonds is 2. The van der Waals surface area contributed by atoms with Crippen LogP contribution in [-0.2, 0) is 0 Å². The number of hydrogen-bond acceptors (Lipinski definition) is 4. The zero-order valence-corrected chi connectivity index (χ0v) is 7.70. The molecule has 0 saturated heterocycles. The van der Waals surface area contributed by atoms with E-state index in [1.54, 1.807) is 18.2 Å². The number of aromatic nitrogens is 2. The standard InChI is InChI=1S/C9H8N4O2/c10-9-4-5-11-12(9)7-2-1-3-8(6-7)13(14)15/h1-6H,10H2. The van der Waals surface area contributed by atoms with E-state index in [-0.39, 0.29) is 5.69 Å². The van der Waals surface area contributed by atoms with E-state index in [1.165, 1.54) is 23.0 Å². The number of nitrogens with zero attached hydrogens (tertiary/aromatic N) is 3. The van der Waals surface area contributed by atoms with E-state index in [1.807, 2.05) is 0 Å². The van der Waals surface area contributed by atoms with Gasteiger partial charge in [0.1, 0.15) is 5.82 Å². The summed E-state index contributed by atoms with van der Waals surface area (Å²) in [6, 6.07) is 7.76. The zero-order valence-electron chi connectivity index (χ0n) is 7.70. The van der Waals surface area contributed by atoms with Gasteiger partial charge in [-0.05, 0) is 6.07 Å². The number of non-ortho nitro benzene ring substituents is 1. The van der Waals surface area contributed by atoms with Crippen LogP contribution in [0.25, 0.3) is 5.69 Å². The molecular weight excluding hydrogens is 196 g/mol. The highest BCUT2D eigenvalue weighted by Crippen LogP contribution is 2.17. The van der Waals surface area contributed by atoms with Crippen LogP contribution in [0.1, 0.15) is 0 Å². The summed E-state index contributed by atoms with van der Waals surface area (Å²) < 4.78 is 1.44. The Kier molecular flexibility index (Phi) is 2.09. The van der Waals surface area contributed by atoms with Crippen molar-refractivity contribution in [2.75, 3.05) is 5.73 Å². The minimum Gasteiger partial charge on any atom is -0.384 e. The lowest BCUT2D eigenvalue weighted by Crippen LogP contribution is -2.01. The number of nitrogens with two attached hydrogens (primary N) is 1. The first kappa shape index (κ1) is 9.20. The Hall–Kier alpha value is -2.37. The molecule has 0 aliphatic heterocycles. The molecule has 2 aromatic rings. The van der Waals surface area contributed by atoms with E-state index in [9.17, 15) is 10.1 Å². The molecule has 0 atom stereocenters. The molecule has 1 aromatic heterocycles. The number of hydrogen-bond donors (Lipinski definition) is 1. The second-order valence-electron chi connectivity index (χ2n) is 2.94. The predicted molar refractivity (Wildman–Crippen MR) is 54.6 cm³/mol. The Bertz CT molecular complexity index is 506. The van der Waals surface area contributed by atoms with Crippen LogP contribution in [0.3, 0.4) is 0 Å². The monoisotopic (exact) mass is 204 g/mol.